The van der Waals surface area contributed by atoms with E-state index in [-0.39, 0.29) is 6.04 Å². The molecule has 3 heteroatoms. The van der Waals surface area contributed by atoms with Crippen molar-refractivity contribution in [1.29, 1.82) is 0 Å². The minimum absolute atomic E-state index is 0.288. The molecule has 0 aliphatic carbocycles. The molecule has 1 atom stereocenters. The minimum Gasteiger partial charge on any atom is -0.366 e. The van der Waals surface area contributed by atoms with E-state index in [1.54, 1.807) is 0 Å². The summed E-state index contributed by atoms with van der Waals surface area (Å²) in [7, 11) is 0. The predicted molar refractivity (Wildman–Crippen MR) is 38.6 cm³/mol. The van der Waals surface area contributed by atoms with Gasteiger partial charge in [-0.25, -0.2) is 0 Å². The smallest absolute Gasteiger partial charge is 0.0940 e. The summed E-state index contributed by atoms with van der Waals surface area (Å²) < 4.78 is 4.90. The molecule has 0 saturated carbocycles. The van der Waals surface area contributed by atoms with E-state index in [2.05, 4.69) is 11.7 Å². The Kier molecular flexibility index (Phi) is 5.46. The van der Waals surface area contributed by atoms with Gasteiger partial charge in [-0.2, -0.15) is 0 Å². The molecular formula is C6H14N2O. The molecule has 54 valence electrons. The monoisotopic (exact) mass is 130 g/mol. The first-order chi connectivity index (χ1) is 4.31. The molecule has 9 heavy (non-hydrogen) atoms. The van der Waals surface area contributed by atoms with Crippen LogP contribution in [0.4, 0.5) is 0 Å². The van der Waals surface area contributed by atoms with Crippen LogP contribution in [-0.4, -0.2) is 26.1 Å². The molecule has 0 rings (SSSR count). The Hall–Kier alpha value is -0.410. The van der Waals surface area contributed by atoms with Gasteiger partial charge in [-0.3, -0.25) is 4.99 Å². The molecule has 0 aliphatic heterocycles. The first-order valence-electron chi connectivity index (χ1n) is 3.05. The average molecular weight is 130 g/mol. The summed E-state index contributed by atoms with van der Waals surface area (Å²) in [6.07, 6.45) is 0.903. The Labute approximate surface area is 55.9 Å². The van der Waals surface area contributed by atoms with Crippen LogP contribution < -0.4 is 5.73 Å². The number of ether oxygens (including phenoxy) is 1. The minimum atomic E-state index is 0.288. The lowest BCUT2D eigenvalue weighted by molar-refractivity contribution is 0.135. The molecule has 2 N–H and O–H groups in total. The van der Waals surface area contributed by atoms with Gasteiger partial charge in [0.2, 0.25) is 0 Å². The highest BCUT2D eigenvalue weighted by atomic mass is 16.5. The fraction of sp³-hybridized carbons (Fsp3) is 0.833. The van der Waals surface area contributed by atoms with Crippen LogP contribution in [0.3, 0.4) is 0 Å². The van der Waals surface area contributed by atoms with Gasteiger partial charge in [-0.05, 0) is 20.1 Å². The van der Waals surface area contributed by atoms with Crippen molar-refractivity contribution in [2.75, 3.05) is 13.3 Å². The molecule has 1 unspecified atom stereocenters. The molecular weight excluding hydrogens is 116 g/mol. The molecule has 0 aromatic carbocycles. The van der Waals surface area contributed by atoms with E-state index in [0.717, 1.165) is 6.42 Å². The zero-order valence-corrected chi connectivity index (χ0v) is 5.84. The van der Waals surface area contributed by atoms with Gasteiger partial charge in [0.15, 0.2) is 0 Å². The lowest BCUT2D eigenvalue weighted by Crippen LogP contribution is -2.09. The first-order valence-corrected chi connectivity index (χ1v) is 3.05. The maximum Gasteiger partial charge on any atom is 0.0940 e. The fourth-order valence-corrected chi connectivity index (χ4v) is 0.429. The molecule has 0 saturated heterocycles. The van der Waals surface area contributed by atoms with Gasteiger partial charge >= 0.3 is 0 Å². The van der Waals surface area contributed by atoms with Crippen molar-refractivity contribution in [3.8, 4) is 0 Å². The maximum absolute atomic E-state index is 5.09. The number of nitrogens with zero attached hydrogens (tertiary/aromatic N) is 1. The zero-order chi connectivity index (χ0) is 7.11. The van der Waals surface area contributed by atoms with Crippen LogP contribution in [0.1, 0.15) is 13.3 Å². The van der Waals surface area contributed by atoms with Crippen LogP contribution in [0.5, 0.6) is 0 Å². The third-order valence-corrected chi connectivity index (χ3v) is 1.11. The van der Waals surface area contributed by atoms with E-state index in [0.29, 0.717) is 13.3 Å². The normalized spacial score (nSPS) is 13.1. The number of aliphatic imine (C=N–C) groups is 1. The summed E-state index contributed by atoms with van der Waals surface area (Å²) in [6.45, 7) is 6.37. The van der Waals surface area contributed by atoms with Crippen LogP contribution >= 0.6 is 0 Å². The molecule has 0 bridgehead atoms. The van der Waals surface area contributed by atoms with Gasteiger partial charge in [0.25, 0.3) is 0 Å². The molecule has 0 amide bonds. The second kappa shape index (κ2) is 5.72. The standard InChI is InChI=1S/C6H14N2O/c1-6(8-2)3-4-9-5-7/h6H,2-5,7H2,1H3. The van der Waals surface area contributed by atoms with Crippen molar-refractivity contribution in [2.45, 2.75) is 19.4 Å². The van der Waals surface area contributed by atoms with Crippen molar-refractivity contribution < 1.29 is 4.74 Å². The van der Waals surface area contributed by atoms with Gasteiger partial charge in [-0.15, -0.1) is 0 Å². The van der Waals surface area contributed by atoms with Crippen LogP contribution in [0.2, 0.25) is 0 Å². The summed E-state index contributed by atoms with van der Waals surface area (Å²) in [6, 6.07) is 0.288. The van der Waals surface area contributed by atoms with Crippen LogP contribution in [0, 0.1) is 0 Å². The lowest BCUT2D eigenvalue weighted by atomic mass is 10.3. The van der Waals surface area contributed by atoms with Crippen molar-refractivity contribution in [1.82, 2.24) is 0 Å². The highest BCUT2D eigenvalue weighted by Gasteiger charge is 1.94. The van der Waals surface area contributed by atoms with E-state index in [9.17, 15) is 0 Å². The average Bonchev–Trinajstić information content (AvgIpc) is 1.89. The van der Waals surface area contributed by atoms with E-state index in [1.165, 1.54) is 0 Å². The van der Waals surface area contributed by atoms with E-state index < -0.39 is 0 Å². The molecule has 0 aliphatic rings. The number of hydrogen-bond donors (Lipinski definition) is 1. The summed E-state index contributed by atoms with van der Waals surface area (Å²) in [5.41, 5.74) is 5.09. The molecule has 0 spiro atoms. The SMILES string of the molecule is C=NC(C)CCOCN. The highest BCUT2D eigenvalue weighted by molar-refractivity contribution is 5.23. The highest BCUT2D eigenvalue weighted by Crippen LogP contribution is 1.93. The summed E-state index contributed by atoms with van der Waals surface area (Å²) >= 11 is 0. The van der Waals surface area contributed by atoms with Gasteiger partial charge in [0, 0.05) is 6.04 Å². The van der Waals surface area contributed by atoms with Crippen LogP contribution in [0.15, 0.2) is 4.99 Å². The Bertz CT molecular complexity index is 75.5. The summed E-state index contributed by atoms with van der Waals surface area (Å²) in [4.78, 5) is 3.79. The number of nitrogens with two attached hydrogens (primary N) is 1. The van der Waals surface area contributed by atoms with E-state index >= 15 is 0 Å². The Balaban J connectivity index is 2.96. The quantitative estimate of drug-likeness (QED) is 0.332. The predicted octanol–water partition coefficient (Wildman–Crippen LogP) is 0.398. The Morgan fingerprint density at radius 1 is 1.78 bits per heavy atom. The van der Waals surface area contributed by atoms with Crippen molar-refractivity contribution in [3.05, 3.63) is 0 Å². The summed E-state index contributed by atoms with van der Waals surface area (Å²) in [5, 5.41) is 0. The van der Waals surface area contributed by atoms with Gasteiger partial charge in [0.05, 0.1) is 13.3 Å². The summed E-state index contributed by atoms with van der Waals surface area (Å²) in [5.74, 6) is 0. The number of rotatable bonds is 5. The first kappa shape index (κ1) is 8.59. The Morgan fingerprint density at radius 2 is 2.44 bits per heavy atom. The second-order valence-corrected chi connectivity index (χ2v) is 1.90. The molecule has 0 aromatic rings. The topological polar surface area (TPSA) is 47.6 Å². The fourth-order valence-electron chi connectivity index (χ4n) is 0.429. The molecule has 3 nitrogen and oxygen atoms in total. The van der Waals surface area contributed by atoms with Gasteiger partial charge < -0.3 is 10.5 Å². The van der Waals surface area contributed by atoms with Crippen molar-refractivity contribution >= 4 is 6.72 Å². The third-order valence-electron chi connectivity index (χ3n) is 1.11. The molecule has 0 fully saturated rings. The van der Waals surface area contributed by atoms with Gasteiger partial charge in [-0.1, -0.05) is 0 Å². The lowest BCUT2D eigenvalue weighted by Gasteiger charge is -2.03. The second-order valence-electron chi connectivity index (χ2n) is 1.90. The van der Waals surface area contributed by atoms with E-state index in [4.69, 9.17) is 10.5 Å². The zero-order valence-electron chi connectivity index (χ0n) is 5.84. The molecule has 0 aromatic heterocycles. The van der Waals surface area contributed by atoms with Gasteiger partial charge in [0.1, 0.15) is 0 Å². The van der Waals surface area contributed by atoms with Crippen LogP contribution in [-0.2, 0) is 4.74 Å². The Morgan fingerprint density at radius 3 is 2.89 bits per heavy atom. The largest absolute Gasteiger partial charge is 0.366 e. The maximum atomic E-state index is 5.09. The van der Waals surface area contributed by atoms with Crippen LogP contribution in [0.25, 0.3) is 0 Å². The molecule has 0 heterocycles. The number of hydrogen-bond acceptors (Lipinski definition) is 3. The van der Waals surface area contributed by atoms with Crippen molar-refractivity contribution in [3.63, 3.8) is 0 Å². The van der Waals surface area contributed by atoms with E-state index in [1.807, 2.05) is 6.92 Å². The molecule has 0 radical (unpaired) electrons. The third kappa shape index (κ3) is 5.46. The van der Waals surface area contributed by atoms with Crippen molar-refractivity contribution in [2.24, 2.45) is 10.7 Å².